The number of para-hydroxylation sites is 1. The van der Waals surface area contributed by atoms with Gasteiger partial charge in [-0.25, -0.2) is 4.79 Å². The second-order valence-electron chi connectivity index (χ2n) is 4.86. The van der Waals surface area contributed by atoms with Crippen LogP contribution >= 0.6 is 11.3 Å². The van der Waals surface area contributed by atoms with E-state index < -0.39 is 5.97 Å². The zero-order chi connectivity index (χ0) is 15.5. The van der Waals surface area contributed by atoms with Gasteiger partial charge in [0.05, 0.1) is 4.88 Å². The summed E-state index contributed by atoms with van der Waals surface area (Å²) in [7, 11) is 0. The number of thiophene rings is 1. The van der Waals surface area contributed by atoms with E-state index in [2.05, 4.69) is 16.4 Å². The summed E-state index contributed by atoms with van der Waals surface area (Å²) in [5.74, 6) is -1.25. The number of amides is 1. The first-order valence-corrected chi connectivity index (χ1v) is 7.63. The quantitative estimate of drug-likeness (QED) is 0.677. The molecule has 0 aliphatic carbocycles. The number of rotatable bonds is 5. The Bertz CT molecular complexity index is 802. The minimum atomic E-state index is -1.01. The summed E-state index contributed by atoms with van der Waals surface area (Å²) >= 11 is 0.980. The molecule has 1 amide bonds. The molecule has 0 saturated heterocycles. The van der Waals surface area contributed by atoms with Crippen LogP contribution < -0.4 is 5.32 Å². The molecule has 2 heterocycles. The lowest BCUT2D eigenvalue weighted by Gasteiger charge is -2.02. The zero-order valence-corrected chi connectivity index (χ0v) is 12.4. The number of carbonyl (C=O) groups excluding carboxylic acids is 1. The van der Waals surface area contributed by atoms with Gasteiger partial charge in [0.15, 0.2) is 0 Å². The number of carboxylic acids is 1. The Labute approximate surface area is 130 Å². The maximum absolute atomic E-state index is 11.9. The van der Waals surface area contributed by atoms with Gasteiger partial charge < -0.3 is 15.4 Å². The third-order valence-corrected chi connectivity index (χ3v) is 4.38. The number of aromatic amines is 1. The van der Waals surface area contributed by atoms with Gasteiger partial charge in [-0.3, -0.25) is 4.79 Å². The molecule has 22 heavy (non-hydrogen) atoms. The summed E-state index contributed by atoms with van der Waals surface area (Å²) in [6, 6.07) is 13.0. The molecule has 3 N–H and O–H groups in total. The van der Waals surface area contributed by atoms with Crippen molar-refractivity contribution in [3.63, 3.8) is 0 Å². The minimum absolute atomic E-state index is 0.167. The van der Waals surface area contributed by atoms with Crippen molar-refractivity contribution in [3.8, 4) is 0 Å². The van der Waals surface area contributed by atoms with Crippen molar-refractivity contribution in [1.29, 1.82) is 0 Å². The number of aromatic nitrogens is 1. The first kappa shape index (κ1) is 14.3. The van der Waals surface area contributed by atoms with E-state index in [9.17, 15) is 9.59 Å². The number of hydrogen-bond donors (Lipinski definition) is 3. The second kappa shape index (κ2) is 6.03. The number of hydrogen-bond acceptors (Lipinski definition) is 3. The smallest absolute Gasteiger partial charge is 0.345 e. The zero-order valence-electron chi connectivity index (χ0n) is 11.6. The van der Waals surface area contributed by atoms with Gasteiger partial charge in [-0.05, 0) is 29.7 Å². The summed E-state index contributed by atoms with van der Waals surface area (Å²) in [5.41, 5.74) is 2.13. The summed E-state index contributed by atoms with van der Waals surface area (Å²) < 4.78 is 0. The van der Waals surface area contributed by atoms with Crippen molar-refractivity contribution < 1.29 is 14.7 Å². The van der Waals surface area contributed by atoms with E-state index in [4.69, 9.17) is 5.11 Å². The van der Waals surface area contributed by atoms with E-state index in [-0.39, 0.29) is 10.8 Å². The van der Waals surface area contributed by atoms with Crippen molar-refractivity contribution >= 4 is 34.1 Å². The van der Waals surface area contributed by atoms with Gasteiger partial charge in [-0.15, -0.1) is 11.3 Å². The maximum atomic E-state index is 11.9. The number of carboxylic acid groups (broad SMARTS) is 1. The first-order valence-electron chi connectivity index (χ1n) is 6.81. The minimum Gasteiger partial charge on any atom is -0.477 e. The Morgan fingerprint density at radius 1 is 1.14 bits per heavy atom. The fourth-order valence-electron chi connectivity index (χ4n) is 2.24. The molecule has 3 aromatic rings. The predicted molar refractivity (Wildman–Crippen MR) is 85.6 cm³/mol. The fourth-order valence-corrected chi connectivity index (χ4v) is 3.00. The molecule has 0 bridgehead atoms. The third-order valence-electron chi connectivity index (χ3n) is 3.31. The predicted octanol–water partition coefficient (Wildman–Crippen LogP) is 2.90. The van der Waals surface area contributed by atoms with E-state index in [1.807, 2.05) is 24.3 Å². The van der Waals surface area contributed by atoms with Crippen LogP contribution in [0.3, 0.4) is 0 Å². The van der Waals surface area contributed by atoms with Crippen molar-refractivity contribution in [1.82, 2.24) is 10.3 Å². The molecule has 3 rings (SSSR count). The Balaban J connectivity index is 1.57. The van der Waals surface area contributed by atoms with E-state index >= 15 is 0 Å². The molecule has 0 aliphatic heterocycles. The molecule has 6 heteroatoms. The van der Waals surface area contributed by atoms with Gasteiger partial charge in [-0.2, -0.15) is 0 Å². The average molecular weight is 314 g/mol. The van der Waals surface area contributed by atoms with Crippen LogP contribution in [0.5, 0.6) is 0 Å². The van der Waals surface area contributed by atoms with Crippen LogP contribution in [0.1, 0.15) is 25.0 Å². The highest BCUT2D eigenvalue weighted by Gasteiger charge is 2.12. The number of H-pyrrole nitrogens is 1. The van der Waals surface area contributed by atoms with Crippen molar-refractivity contribution in [2.24, 2.45) is 0 Å². The van der Waals surface area contributed by atoms with Gasteiger partial charge in [0, 0.05) is 24.2 Å². The van der Waals surface area contributed by atoms with Gasteiger partial charge in [-0.1, -0.05) is 18.2 Å². The molecular weight excluding hydrogens is 300 g/mol. The molecule has 1 aromatic carbocycles. The van der Waals surface area contributed by atoms with E-state index in [0.29, 0.717) is 17.8 Å². The van der Waals surface area contributed by atoms with E-state index in [1.54, 1.807) is 0 Å². The molecule has 0 aliphatic rings. The summed E-state index contributed by atoms with van der Waals surface area (Å²) in [6.07, 6.45) is 0.692. The number of aromatic carboxylic acids is 1. The van der Waals surface area contributed by atoms with E-state index in [0.717, 1.165) is 27.9 Å². The normalized spacial score (nSPS) is 10.7. The lowest BCUT2D eigenvalue weighted by Crippen LogP contribution is -2.24. The SMILES string of the molecule is O=C(O)c1ccc(C(=O)NCCc2cc3ccccc3[nH]2)s1. The highest BCUT2D eigenvalue weighted by atomic mass is 32.1. The molecular formula is C16H14N2O3S. The number of nitrogens with one attached hydrogen (secondary N) is 2. The third kappa shape index (κ3) is 3.01. The number of benzene rings is 1. The van der Waals surface area contributed by atoms with E-state index in [1.165, 1.54) is 12.1 Å². The standard InChI is InChI=1S/C16H14N2O3S/c19-15(13-5-6-14(22-13)16(20)21)17-8-7-11-9-10-3-1-2-4-12(10)18-11/h1-6,9,18H,7-8H2,(H,17,19)(H,20,21). The van der Waals surface area contributed by atoms with Crippen LogP contribution in [0.25, 0.3) is 10.9 Å². The van der Waals surface area contributed by atoms with Gasteiger partial charge in [0.1, 0.15) is 4.88 Å². The van der Waals surface area contributed by atoms with Gasteiger partial charge >= 0.3 is 5.97 Å². The van der Waals surface area contributed by atoms with Crippen molar-refractivity contribution in [2.75, 3.05) is 6.54 Å². The Morgan fingerprint density at radius 2 is 1.91 bits per heavy atom. The maximum Gasteiger partial charge on any atom is 0.345 e. The highest BCUT2D eigenvalue weighted by molar-refractivity contribution is 7.15. The number of carbonyl (C=O) groups is 2. The van der Waals surface area contributed by atoms with Crippen LogP contribution in [0, 0.1) is 0 Å². The van der Waals surface area contributed by atoms with Crippen LogP contribution in [-0.4, -0.2) is 28.5 Å². The molecule has 0 saturated carbocycles. The Hall–Kier alpha value is -2.60. The van der Waals surface area contributed by atoms with Crippen molar-refractivity contribution in [2.45, 2.75) is 6.42 Å². The number of fused-ring (bicyclic) bond motifs is 1. The second-order valence-corrected chi connectivity index (χ2v) is 5.94. The van der Waals surface area contributed by atoms with Gasteiger partial charge in [0.2, 0.25) is 0 Å². The molecule has 5 nitrogen and oxygen atoms in total. The van der Waals surface area contributed by atoms with Crippen molar-refractivity contribution in [3.05, 3.63) is 57.9 Å². The molecule has 0 fully saturated rings. The molecule has 0 spiro atoms. The average Bonchev–Trinajstić information content (AvgIpc) is 3.13. The summed E-state index contributed by atoms with van der Waals surface area (Å²) in [4.78, 5) is 26.6. The monoisotopic (exact) mass is 314 g/mol. The van der Waals surface area contributed by atoms with Crippen LogP contribution in [0.15, 0.2) is 42.5 Å². The lowest BCUT2D eigenvalue weighted by molar-refractivity contribution is 0.0702. The molecule has 112 valence electrons. The van der Waals surface area contributed by atoms with Gasteiger partial charge in [0.25, 0.3) is 5.91 Å². The largest absolute Gasteiger partial charge is 0.477 e. The first-order chi connectivity index (χ1) is 10.6. The fraction of sp³-hybridized carbons (Fsp3) is 0.125. The molecule has 0 radical (unpaired) electrons. The molecule has 0 unspecified atom stereocenters. The Kier molecular flexibility index (Phi) is 3.93. The highest BCUT2D eigenvalue weighted by Crippen LogP contribution is 2.17. The summed E-state index contributed by atoms with van der Waals surface area (Å²) in [6.45, 7) is 0.492. The molecule has 0 atom stereocenters. The Morgan fingerprint density at radius 3 is 2.64 bits per heavy atom. The van der Waals surface area contributed by atoms with Crippen LogP contribution in [0.2, 0.25) is 0 Å². The molecule has 2 aromatic heterocycles. The lowest BCUT2D eigenvalue weighted by atomic mass is 10.2. The topological polar surface area (TPSA) is 82.2 Å². The van der Waals surface area contributed by atoms with Crippen LogP contribution in [0.4, 0.5) is 0 Å². The summed E-state index contributed by atoms with van der Waals surface area (Å²) in [5, 5.41) is 12.8. The van der Waals surface area contributed by atoms with Crippen LogP contribution in [-0.2, 0) is 6.42 Å².